The van der Waals surface area contributed by atoms with Crippen LogP contribution in [0.5, 0.6) is 0 Å². The maximum Gasteiger partial charge on any atom is 0.272 e. The van der Waals surface area contributed by atoms with E-state index in [4.69, 9.17) is 0 Å². The SMILES string of the molecule is Cc1ccccc1/C=C(\NC(=O)c1ccccc1)C(=O)Nc1cccc(SCC(=O)Nc2sc3c(c2C#N)CCC(C(C)(C)C)C3)c1. The molecule has 1 aliphatic carbocycles. The summed E-state index contributed by atoms with van der Waals surface area (Å²) >= 11 is 2.86. The van der Waals surface area contributed by atoms with E-state index in [0.29, 0.717) is 27.7 Å². The first-order chi connectivity index (χ1) is 22.5. The van der Waals surface area contributed by atoms with Gasteiger partial charge in [-0.3, -0.25) is 14.4 Å². The number of hydrogen-bond donors (Lipinski definition) is 3. The fourth-order valence-electron chi connectivity index (χ4n) is 5.55. The number of hydrogen-bond acceptors (Lipinski definition) is 6. The van der Waals surface area contributed by atoms with Gasteiger partial charge in [0.25, 0.3) is 11.8 Å². The topological polar surface area (TPSA) is 111 Å². The van der Waals surface area contributed by atoms with Crippen LogP contribution in [-0.4, -0.2) is 23.5 Å². The van der Waals surface area contributed by atoms with Crippen LogP contribution in [0, 0.1) is 29.6 Å². The Morgan fingerprint density at radius 2 is 1.74 bits per heavy atom. The minimum absolute atomic E-state index is 0.103. The lowest BCUT2D eigenvalue weighted by Crippen LogP contribution is -2.30. The molecule has 0 fully saturated rings. The van der Waals surface area contributed by atoms with E-state index in [1.807, 2.05) is 43.3 Å². The summed E-state index contributed by atoms with van der Waals surface area (Å²) in [5.74, 6) is -0.380. The Bertz CT molecular complexity index is 1870. The van der Waals surface area contributed by atoms with Crippen molar-refractivity contribution in [3.05, 3.63) is 117 Å². The zero-order valence-electron chi connectivity index (χ0n) is 27.0. The number of nitrogens with zero attached hydrogens (tertiary/aromatic N) is 1. The molecule has 0 saturated carbocycles. The second kappa shape index (κ2) is 14.8. The molecule has 0 radical (unpaired) electrons. The minimum atomic E-state index is -0.475. The molecule has 1 unspecified atom stereocenters. The predicted octanol–water partition coefficient (Wildman–Crippen LogP) is 8.22. The number of thiophene rings is 1. The van der Waals surface area contributed by atoms with Crippen molar-refractivity contribution < 1.29 is 14.4 Å². The molecule has 3 amide bonds. The molecule has 4 aromatic rings. The van der Waals surface area contributed by atoms with Gasteiger partial charge in [-0.15, -0.1) is 23.1 Å². The van der Waals surface area contributed by atoms with Crippen LogP contribution in [0.2, 0.25) is 0 Å². The third-order valence-corrected chi connectivity index (χ3v) is 10.5. The number of rotatable bonds is 9. The quantitative estimate of drug-likeness (QED) is 0.124. The molecule has 47 heavy (non-hydrogen) atoms. The van der Waals surface area contributed by atoms with Gasteiger partial charge in [0.2, 0.25) is 5.91 Å². The minimum Gasteiger partial charge on any atom is -0.321 e. The zero-order chi connectivity index (χ0) is 33.6. The highest BCUT2D eigenvalue weighted by atomic mass is 32.2. The van der Waals surface area contributed by atoms with Crippen molar-refractivity contribution in [3.63, 3.8) is 0 Å². The number of nitrogens with one attached hydrogen (secondary N) is 3. The predicted molar refractivity (Wildman–Crippen MR) is 191 cm³/mol. The molecule has 1 heterocycles. The van der Waals surface area contributed by atoms with Gasteiger partial charge in [0.1, 0.15) is 16.8 Å². The lowest BCUT2D eigenvalue weighted by molar-refractivity contribution is -0.114. The van der Waals surface area contributed by atoms with Crippen LogP contribution in [0.15, 0.2) is 89.5 Å². The average Bonchev–Trinajstić information content (AvgIpc) is 3.40. The van der Waals surface area contributed by atoms with E-state index in [1.165, 1.54) is 28.0 Å². The molecule has 0 spiro atoms. The summed E-state index contributed by atoms with van der Waals surface area (Å²) in [6.45, 7) is 8.71. The number of amides is 3. The van der Waals surface area contributed by atoms with Crippen LogP contribution >= 0.6 is 23.1 Å². The summed E-state index contributed by atoms with van der Waals surface area (Å²) in [5.41, 5.74) is 4.70. The Hall–Kier alpha value is -4.65. The van der Waals surface area contributed by atoms with Crippen LogP contribution in [-0.2, 0) is 22.4 Å². The van der Waals surface area contributed by atoms with Crippen LogP contribution in [0.25, 0.3) is 6.08 Å². The van der Waals surface area contributed by atoms with Crippen LogP contribution in [0.3, 0.4) is 0 Å². The van der Waals surface area contributed by atoms with Gasteiger partial charge in [-0.25, -0.2) is 0 Å². The third-order valence-electron chi connectivity index (χ3n) is 8.33. The molecule has 1 aromatic heterocycles. The molecule has 0 bridgehead atoms. The zero-order valence-corrected chi connectivity index (χ0v) is 28.6. The van der Waals surface area contributed by atoms with Crippen molar-refractivity contribution in [2.75, 3.05) is 16.4 Å². The molecule has 7 nitrogen and oxygen atoms in total. The fourth-order valence-corrected chi connectivity index (χ4v) is 7.60. The Balaban J connectivity index is 1.25. The van der Waals surface area contributed by atoms with Crippen molar-refractivity contribution in [2.45, 2.75) is 51.9 Å². The van der Waals surface area contributed by atoms with Crippen LogP contribution in [0.1, 0.15) is 64.7 Å². The number of carbonyl (C=O) groups is 3. The van der Waals surface area contributed by atoms with Crippen molar-refractivity contribution in [3.8, 4) is 6.07 Å². The van der Waals surface area contributed by atoms with E-state index in [9.17, 15) is 19.6 Å². The Kier molecular flexibility index (Phi) is 10.6. The van der Waals surface area contributed by atoms with Gasteiger partial charge >= 0.3 is 0 Å². The number of thioether (sulfide) groups is 1. The number of anilines is 2. The number of nitriles is 1. The van der Waals surface area contributed by atoms with Crippen molar-refractivity contribution in [1.29, 1.82) is 5.26 Å². The van der Waals surface area contributed by atoms with Crippen LogP contribution in [0.4, 0.5) is 10.7 Å². The van der Waals surface area contributed by atoms with Gasteiger partial charge in [-0.05, 0) is 90.6 Å². The number of benzene rings is 3. The van der Waals surface area contributed by atoms with E-state index < -0.39 is 11.8 Å². The summed E-state index contributed by atoms with van der Waals surface area (Å²) in [5, 5.41) is 19.2. The first-order valence-corrected chi connectivity index (χ1v) is 17.3. The normalized spacial score (nSPS) is 14.4. The molecular formula is C38H38N4O3S2. The summed E-state index contributed by atoms with van der Waals surface area (Å²) < 4.78 is 0. The Morgan fingerprint density at radius 1 is 1.00 bits per heavy atom. The van der Waals surface area contributed by atoms with Gasteiger partial charge in [-0.2, -0.15) is 5.26 Å². The standard InChI is InChI=1S/C38H38N4O3S2/c1-24-11-8-9-14-26(24)19-32(41-35(44)25-12-6-5-7-13-25)36(45)40-28-15-10-16-29(21-28)46-23-34(43)42-37-31(22-39)30-18-17-27(38(2,3)4)20-33(30)47-37/h5-16,19,21,27H,17-18,20,23H2,1-4H3,(H,40,45)(H,41,44)(H,42,43)/b32-19-. The van der Waals surface area contributed by atoms with E-state index in [-0.39, 0.29) is 22.8 Å². The van der Waals surface area contributed by atoms with Gasteiger partial charge in [-0.1, -0.05) is 69.3 Å². The van der Waals surface area contributed by atoms with Gasteiger partial charge in [0.05, 0.1) is 11.3 Å². The highest BCUT2D eigenvalue weighted by Crippen LogP contribution is 2.44. The molecule has 240 valence electrons. The number of carbonyl (C=O) groups excluding carboxylic acids is 3. The van der Waals surface area contributed by atoms with Gasteiger partial charge < -0.3 is 16.0 Å². The smallest absolute Gasteiger partial charge is 0.272 e. The Morgan fingerprint density at radius 3 is 2.47 bits per heavy atom. The van der Waals surface area contributed by atoms with Crippen LogP contribution < -0.4 is 16.0 Å². The van der Waals surface area contributed by atoms with E-state index in [2.05, 4.69) is 42.8 Å². The highest BCUT2D eigenvalue weighted by Gasteiger charge is 2.32. The summed E-state index contributed by atoms with van der Waals surface area (Å²) in [7, 11) is 0. The number of fused-ring (bicyclic) bond motifs is 1. The molecule has 1 aliphatic rings. The van der Waals surface area contributed by atoms with Crippen molar-refractivity contribution >= 4 is 57.6 Å². The van der Waals surface area contributed by atoms with Crippen molar-refractivity contribution in [1.82, 2.24) is 5.32 Å². The average molecular weight is 663 g/mol. The third kappa shape index (κ3) is 8.59. The van der Waals surface area contributed by atoms with E-state index in [1.54, 1.807) is 48.5 Å². The summed E-state index contributed by atoms with van der Waals surface area (Å²) in [4.78, 5) is 41.5. The molecule has 5 rings (SSSR count). The highest BCUT2D eigenvalue weighted by molar-refractivity contribution is 8.00. The van der Waals surface area contributed by atoms with E-state index >= 15 is 0 Å². The molecular weight excluding hydrogens is 625 g/mol. The second-order valence-electron chi connectivity index (χ2n) is 12.7. The maximum absolute atomic E-state index is 13.5. The molecule has 1 atom stereocenters. The van der Waals surface area contributed by atoms with Gasteiger partial charge in [0, 0.05) is 21.0 Å². The lowest BCUT2D eigenvalue weighted by Gasteiger charge is -2.33. The molecule has 0 aliphatic heterocycles. The number of aryl methyl sites for hydroxylation is 1. The van der Waals surface area contributed by atoms with E-state index in [0.717, 1.165) is 40.8 Å². The Labute approximate surface area is 284 Å². The molecule has 3 N–H and O–H groups in total. The second-order valence-corrected chi connectivity index (χ2v) is 14.8. The summed E-state index contributed by atoms with van der Waals surface area (Å²) in [6, 6.07) is 25.9. The lowest BCUT2D eigenvalue weighted by atomic mass is 9.72. The molecule has 3 aromatic carbocycles. The largest absolute Gasteiger partial charge is 0.321 e. The molecule has 9 heteroatoms. The monoisotopic (exact) mass is 662 g/mol. The van der Waals surface area contributed by atoms with Gasteiger partial charge in [0.15, 0.2) is 0 Å². The first-order valence-electron chi connectivity index (χ1n) is 15.5. The fraction of sp³-hybridized carbons (Fsp3) is 0.263. The van der Waals surface area contributed by atoms with Crippen molar-refractivity contribution in [2.24, 2.45) is 11.3 Å². The summed E-state index contributed by atoms with van der Waals surface area (Å²) in [6.07, 6.45) is 4.49. The molecule has 0 saturated heterocycles. The first kappa shape index (κ1) is 33.7. The maximum atomic E-state index is 13.5.